The minimum Gasteiger partial charge on any atom is -0.465 e. The lowest BCUT2D eigenvalue weighted by atomic mass is 10.2. The van der Waals surface area contributed by atoms with E-state index >= 15 is 0 Å². The number of nitrogens with zero attached hydrogens (tertiary/aromatic N) is 1. The van der Waals surface area contributed by atoms with Gasteiger partial charge in [0.05, 0.1) is 17.9 Å². The summed E-state index contributed by atoms with van der Waals surface area (Å²) in [5.74, 6) is 0. The summed E-state index contributed by atoms with van der Waals surface area (Å²) in [6.45, 7) is 5.26. The molecule has 0 saturated heterocycles. The van der Waals surface area contributed by atoms with E-state index < -0.39 is 17.8 Å². The van der Waals surface area contributed by atoms with E-state index in [1.54, 1.807) is 32.9 Å². The Morgan fingerprint density at radius 3 is 2.68 bits per heavy atom. The first kappa shape index (κ1) is 14.7. The number of amides is 2. The van der Waals surface area contributed by atoms with E-state index in [0.717, 1.165) is 0 Å². The van der Waals surface area contributed by atoms with Crippen molar-refractivity contribution in [3.63, 3.8) is 0 Å². The smallest absolute Gasteiger partial charge is 0.412 e. The Bertz CT molecular complexity index is 468. The van der Waals surface area contributed by atoms with Crippen LogP contribution in [-0.2, 0) is 11.3 Å². The third kappa shape index (κ3) is 5.71. The van der Waals surface area contributed by atoms with Crippen molar-refractivity contribution in [2.75, 3.05) is 5.32 Å². The van der Waals surface area contributed by atoms with Gasteiger partial charge in [0.2, 0.25) is 0 Å². The molecule has 7 heteroatoms. The van der Waals surface area contributed by atoms with Gasteiger partial charge in [-0.1, -0.05) is 0 Å². The summed E-state index contributed by atoms with van der Waals surface area (Å²) in [6.07, 6.45) is -0.259. The van der Waals surface area contributed by atoms with Gasteiger partial charge in [-0.05, 0) is 32.9 Å². The SMILES string of the molecule is CC(C)(C)OC(=O)Nc1cccnc1CNC(=O)O. The van der Waals surface area contributed by atoms with Crippen LogP contribution in [-0.4, -0.2) is 27.9 Å². The number of carboxylic acid groups (broad SMARTS) is 1. The number of nitrogens with one attached hydrogen (secondary N) is 2. The predicted octanol–water partition coefficient (Wildman–Crippen LogP) is 2.20. The quantitative estimate of drug-likeness (QED) is 0.779. The zero-order valence-electron chi connectivity index (χ0n) is 11.1. The van der Waals surface area contributed by atoms with E-state index in [1.807, 2.05) is 0 Å². The Kier molecular flexibility index (Phi) is 4.68. The second-order valence-corrected chi connectivity index (χ2v) is 4.78. The zero-order valence-corrected chi connectivity index (χ0v) is 11.1. The summed E-state index contributed by atoms with van der Waals surface area (Å²) in [5.41, 5.74) is 0.215. The van der Waals surface area contributed by atoms with Gasteiger partial charge in [-0.25, -0.2) is 9.59 Å². The monoisotopic (exact) mass is 267 g/mol. The Morgan fingerprint density at radius 1 is 1.42 bits per heavy atom. The van der Waals surface area contributed by atoms with Crippen molar-refractivity contribution < 1.29 is 19.4 Å². The van der Waals surface area contributed by atoms with Crippen molar-refractivity contribution in [2.24, 2.45) is 0 Å². The normalized spacial score (nSPS) is 10.7. The molecule has 0 aliphatic heterocycles. The molecular formula is C12H17N3O4. The van der Waals surface area contributed by atoms with Crippen LogP contribution in [0.4, 0.5) is 15.3 Å². The molecule has 0 fully saturated rings. The first-order valence-electron chi connectivity index (χ1n) is 5.68. The molecule has 1 rings (SSSR count). The fourth-order valence-corrected chi connectivity index (χ4v) is 1.27. The Hall–Kier alpha value is -2.31. The average Bonchev–Trinajstić information content (AvgIpc) is 2.25. The maximum atomic E-state index is 11.6. The molecule has 0 atom stereocenters. The molecule has 3 N–H and O–H groups in total. The van der Waals surface area contributed by atoms with Crippen LogP contribution in [0.15, 0.2) is 18.3 Å². The summed E-state index contributed by atoms with van der Waals surface area (Å²) in [5, 5.41) is 13.3. The molecular weight excluding hydrogens is 250 g/mol. The second-order valence-electron chi connectivity index (χ2n) is 4.78. The van der Waals surface area contributed by atoms with E-state index in [-0.39, 0.29) is 6.54 Å². The Labute approximate surface area is 111 Å². The number of carbonyl (C=O) groups is 2. The number of pyridine rings is 1. The summed E-state index contributed by atoms with van der Waals surface area (Å²) in [4.78, 5) is 26.1. The van der Waals surface area contributed by atoms with Gasteiger partial charge in [-0.15, -0.1) is 0 Å². The van der Waals surface area contributed by atoms with Gasteiger partial charge in [0, 0.05) is 6.20 Å². The molecule has 0 aliphatic carbocycles. The number of aromatic nitrogens is 1. The lowest BCUT2D eigenvalue weighted by Crippen LogP contribution is -2.28. The van der Waals surface area contributed by atoms with Crippen LogP contribution in [0.25, 0.3) is 0 Å². The zero-order chi connectivity index (χ0) is 14.5. The van der Waals surface area contributed by atoms with Crippen LogP contribution in [0.1, 0.15) is 26.5 Å². The van der Waals surface area contributed by atoms with Crippen molar-refractivity contribution in [1.29, 1.82) is 0 Å². The van der Waals surface area contributed by atoms with Crippen LogP contribution in [0.2, 0.25) is 0 Å². The molecule has 1 aromatic rings. The lowest BCUT2D eigenvalue weighted by Gasteiger charge is -2.20. The maximum Gasteiger partial charge on any atom is 0.412 e. The van der Waals surface area contributed by atoms with Crippen molar-refractivity contribution in [2.45, 2.75) is 32.9 Å². The molecule has 0 saturated carbocycles. The largest absolute Gasteiger partial charge is 0.465 e. The molecule has 0 spiro atoms. The number of rotatable bonds is 3. The molecule has 0 aliphatic rings. The van der Waals surface area contributed by atoms with Gasteiger partial charge in [0.1, 0.15) is 5.60 Å². The summed E-state index contributed by atoms with van der Waals surface area (Å²) >= 11 is 0. The minimum absolute atomic E-state index is 0.00129. The van der Waals surface area contributed by atoms with Crippen molar-refractivity contribution in [1.82, 2.24) is 10.3 Å². The van der Waals surface area contributed by atoms with Crippen LogP contribution in [0, 0.1) is 0 Å². The van der Waals surface area contributed by atoms with Crippen molar-refractivity contribution in [3.8, 4) is 0 Å². The predicted molar refractivity (Wildman–Crippen MR) is 69.0 cm³/mol. The van der Waals surface area contributed by atoms with Crippen molar-refractivity contribution >= 4 is 17.9 Å². The first-order chi connectivity index (χ1) is 8.78. The van der Waals surface area contributed by atoms with Gasteiger partial charge in [-0.2, -0.15) is 0 Å². The number of ether oxygens (including phenoxy) is 1. The number of anilines is 1. The minimum atomic E-state index is -1.16. The van der Waals surface area contributed by atoms with E-state index in [1.165, 1.54) is 6.20 Å². The highest BCUT2D eigenvalue weighted by Gasteiger charge is 2.17. The molecule has 2 amide bonds. The number of hydrogen-bond acceptors (Lipinski definition) is 4. The first-order valence-corrected chi connectivity index (χ1v) is 5.68. The summed E-state index contributed by atoms with van der Waals surface area (Å²) in [6, 6.07) is 3.26. The third-order valence-electron chi connectivity index (χ3n) is 1.93. The van der Waals surface area contributed by atoms with E-state index in [2.05, 4.69) is 15.6 Å². The second kappa shape index (κ2) is 6.03. The Balaban J connectivity index is 2.72. The highest BCUT2D eigenvalue weighted by molar-refractivity contribution is 5.85. The fraction of sp³-hybridized carbons (Fsp3) is 0.417. The summed E-state index contributed by atoms with van der Waals surface area (Å²) < 4.78 is 5.11. The lowest BCUT2D eigenvalue weighted by molar-refractivity contribution is 0.0635. The molecule has 0 bridgehead atoms. The number of hydrogen-bond donors (Lipinski definition) is 3. The molecule has 1 aromatic heterocycles. The average molecular weight is 267 g/mol. The van der Waals surface area contributed by atoms with Crippen LogP contribution < -0.4 is 10.6 Å². The topological polar surface area (TPSA) is 101 Å². The molecule has 19 heavy (non-hydrogen) atoms. The molecule has 0 radical (unpaired) electrons. The van der Waals surface area contributed by atoms with E-state index in [4.69, 9.17) is 9.84 Å². The molecule has 104 valence electrons. The summed E-state index contributed by atoms with van der Waals surface area (Å²) in [7, 11) is 0. The van der Waals surface area contributed by atoms with E-state index in [0.29, 0.717) is 11.4 Å². The highest BCUT2D eigenvalue weighted by Crippen LogP contribution is 2.14. The van der Waals surface area contributed by atoms with Crippen molar-refractivity contribution in [3.05, 3.63) is 24.0 Å². The van der Waals surface area contributed by atoms with Gasteiger partial charge in [-0.3, -0.25) is 10.3 Å². The molecule has 0 unspecified atom stereocenters. The number of carbonyl (C=O) groups excluding carboxylic acids is 1. The van der Waals surface area contributed by atoms with Gasteiger partial charge in [0.15, 0.2) is 0 Å². The van der Waals surface area contributed by atoms with E-state index in [9.17, 15) is 9.59 Å². The molecule has 1 heterocycles. The molecule has 0 aromatic carbocycles. The van der Waals surface area contributed by atoms with Crippen LogP contribution in [0.5, 0.6) is 0 Å². The molecule has 7 nitrogen and oxygen atoms in total. The van der Waals surface area contributed by atoms with Crippen LogP contribution in [0.3, 0.4) is 0 Å². The van der Waals surface area contributed by atoms with Gasteiger partial charge < -0.3 is 15.2 Å². The standard InChI is InChI=1S/C12H17N3O4/c1-12(2,3)19-11(18)15-8-5-4-6-13-9(8)7-14-10(16)17/h4-6,14H,7H2,1-3H3,(H,15,18)(H,16,17). The van der Waals surface area contributed by atoms with Gasteiger partial charge in [0.25, 0.3) is 0 Å². The van der Waals surface area contributed by atoms with Crippen LogP contribution >= 0.6 is 0 Å². The maximum absolute atomic E-state index is 11.6. The highest BCUT2D eigenvalue weighted by atomic mass is 16.6. The van der Waals surface area contributed by atoms with Gasteiger partial charge >= 0.3 is 12.2 Å². The third-order valence-corrected chi connectivity index (χ3v) is 1.93. The Morgan fingerprint density at radius 2 is 2.11 bits per heavy atom. The fourth-order valence-electron chi connectivity index (χ4n) is 1.27.